The summed E-state index contributed by atoms with van der Waals surface area (Å²) in [6.45, 7) is 3.01. The van der Waals surface area contributed by atoms with Gasteiger partial charge in [-0.15, -0.1) is 21.5 Å². The fourth-order valence-corrected chi connectivity index (χ4v) is 3.28. The van der Waals surface area contributed by atoms with Gasteiger partial charge >= 0.3 is 0 Å². The number of anilines is 3. The first-order valence-electron chi connectivity index (χ1n) is 8.64. The van der Waals surface area contributed by atoms with Crippen molar-refractivity contribution < 1.29 is 4.74 Å². The van der Waals surface area contributed by atoms with Crippen LogP contribution in [0.4, 0.5) is 17.3 Å². The number of aromatic nitrogens is 5. The molecule has 4 heterocycles. The van der Waals surface area contributed by atoms with Crippen LogP contribution in [0.25, 0.3) is 10.6 Å². The number of nitrogens with one attached hydrogen (secondary N) is 3. The normalized spacial score (nSPS) is 16.3. The number of hydrogen-bond donors (Lipinski definition) is 3. The van der Waals surface area contributed by atoms with Gasteiger partial charge in [0.25, 0.3) is 0 Å². The number of thiazole rings is 1. The van der Waals surface area contributed by atoms with Crippen molar-refractivity contribution in [3.8, 4) is 16.6 Å². The van der Waals surface area contributed by atoms with Crippen LogP contribution in [0, 0.1) is 11.3 Å². The third-order valence-electron chi connectivity index (χ3n) is 4.01. The average Bonchev–Trinajstić information content (AvgIpc) is 3.28. The van der Waals surface area contributed by atoms with Crippen molar-refractivity contribution in [3.63, 3.8) is 0 Å². The largest absolute Gasteiger partial charge is 0.380 e. The molecule has 1 saturated heterocycles. The molecule has 1 fully saturated rings. The summed E-state index contributed by atoms with van der Waals surface area (Å²) in [6.07, 6.45) is 4.72. The van der Waals surface area contributed by atoms with E-state index in [1.807, 2.05) is 12.1 Å². The molecule has 1 aliphatic heterocycles. The molecular formula is C17H17N9OS. The van der Waals surface area contributed by atoms with Crippen molar-refractivity contribution in [3.05, 3.63) is 35.9 Å². The Morgan fingerprint density at radius 2 is 2.21 bits per heavy atom. The Morgan fingerprint density at radius 1 is 1.25 bits per heavy atom. The highest BCUT2D eigenvalue weighted by Gasteiger charge is 2.16. The molecule has 11 heteroatoms. The number of nitrogens with zero attached hydrogens (tertiary/aromatic N) is 6. The van der Waals surface area contributed by atoms with Gasteiger partial charge < -0.3 is 20.7 Å². The van der Waals surface area contributed by atoms with Crippen LogP contribution >= 0.6 is 11.3 Å². The second-order valence-electron chi connectivity index (χ2n) is 5.96. The van der Waals surface area contributed by atoms with E-state index in [9.17, 15) is 0 Å². The van der Waals surface area contributed by atoms with E-state index < -0.39 is 0 Å². The molecule has 3 aromatic rings. The molecule has 0 aliphatic carbocycles. The lowest BCUT2D eigenvalue weighted by Gasteiger charge is -2.24. The van der Waals surface area contributed by atoms with Gasteiger partial charge in [0.1, 0.15) is 17.6 Å². The third kappa shape index (κ3) is 4.37. The molecule has 3 aromatic heterocycles. The number of rotatable bonds is 6. The molecule has 4 rings (SSSR count). The maximum atomic E-state index is 8.82. The summed E-state index contributed by atoms with van der Waals surface area (Å²) in [6, 6.07) is 3.80. The van der Waals surface area contributed by atoms with E-state index >= 15 is 0 Å². The molecule has 28 heavy (non-hydrogen) atoms. The molecule has 0 saturated carbocycles. The molecule has 0 aromatic carbocycles. The summed E-state index contributed by atoms with van der Waals surface area (Å²) in [5.74, 6) is 0.988. The summed E-state index contributed by atoms with van der Waals surface area (Å²) >= 11 is 1.49. The first kappa shape index (κ1) is 18.2. The molecule has 1 unspecified atom stereocenters. The molecule has 0 radical (unpaired) electrons. The van der Waals surface area contributed by atoms with E-state index in [1.54, 1.807) is 11.7 Å². The zero-order valence-electron chi connectivity index (χ0n) is 14.8. The number of nitriles is 1. The van der Waals surface area contributed by atoms with Crippen LogP contribution < -0.4 is 16.0 Å². The molecule has 0 spiro atoms. The Hall–Kier alpha value is -3.20. The minimum absolute atomic E-state index is 0.0806. The highest BCUT2D eigenvalue weighted by atomic mass is 32.1. The van der Waals surface area contributed by atoms with Gasteiger partial charge in [-0.1, -0.05) is 0 Å². The summed E-state index contributed by atoms with van der Waals surface area (Å²) in [4.78, 5) is 13.2. The van der Waals surface area contributed by atoms with Crippen LogP contribution in [-0.4, -0.2) is 57.5 Å². The Bertz CT molecular complexity index is 950. The van der Waals surface area contributed by atoms with Crippen molar-refractivity contribution in [2.45, 2.75) is 6.10 Å². The first-order chi connectivity index (χ1) is 13.8. The van der Waals surface area contributed by atoms with Crippen LogP contribution in [0.3, 0.4) is 0 Å². The Morgan fingerprint density at radius 3 is 2.93 bits per heavy atom. The molecule has 1 atom stereocenters. The van der Waals surface area contributed by atoms with Crippen molar-refractivity contribution >= 4 is 28.7 Å². The van der Waals surface area contributed by atoms with Gasteiger partial charge in [0.15, 0.2) is 11.5 Å². The third-order valence-corrected chi connectivity index (χ3v) is 4.79. The van der Waals surface area contributed by atoms with Gasteiger partial charge in [-0.05, 0) is 0 Å². The highest BCUT2D eigenvalue weighted by molar-refractivity contribution is 7.13. The SMILES string of the molecule is N#Cc1cnc(Nc2cc(NCC3CNCCO3)c(-c3cncs3)nn2)cn1. The maximum absolute atomic E-state index is 8.82. The number of hydrogen-bond acceptors (Lipinski definition) is 11. The predicted octanol–water partition coefficient (Wildman–Crippen LogP) is 1.41. The zero-order valence-corrected chi connectivity index (χ0v) is 15.6. The molecule has 0 bridgehead atoms. The average molecular weight is 395 g/mol. The lowest BCUT2D eigenvalue weighted by atomic mass is 10.2. The van der Waals surface area contributed by atoms with E-state index in [1.165, 1.54) is 23.7 Å². The second kappa shape index (κ2) is 8.66. The smallest absolute Gasteiger partial charge is 0.158 e. The molecule has 1 aliphatic rings. The van der Waals surface area contributed by atoms with E-state index in [4.69, 9.17) is 10.00 Å². The van der Waals surface area contributed by atoms with Gasteiger partial charge in [-0.2, -0.15) is 5.26 Å². The first-order valence-corrected chi connectivity index (χ1v) is 9.52. The van der Waals surface area contributed by atoms with E-state index in [0.717, 1.165) is 29.3 Å². The van der Waals surface area contributed by atoms with E-state index in [0.29, 0.717) is 24.8 Å². The van der Waals surface area contributed by atoms with Gasteiger partial charge in [0, 0.05) is 31.9 Å². The standard InChI is InChI=1S/C17H17N9OS/c18-4-11-5-23-16(9-21-11)24-15-3-13(22-7-12-6-19-1-2-27-12)17(26-25-15)14-8-20-10-28-14/h3,5,8-10,12,19H,1-2,6-7H2,(H2,22,23,24,25). The van der Waals surface area contributed by atoms with E-state index in [2.05, 4.69) is 41.1 Å². The fourth-order valence-electron chi connectivity index (χ4n) is 2.66. The van der Waals surface area contributed by atoms with Crippen LogP contribution in [0.2, 0.25) is 0 Å². The summed E-state index contributed by atoms with van der Waals surface area (Å²) < 4.78 is 5.75. The van der Waals surface area contributed by atoms with Crippen molar-refractivity contribution in [1.82, 2.24) is 30.5 Å². The Balaban J connectivity index is 1.55. The number of morpholine rings is 1. The Kier molecular flexibility index (Phi) is 5.62. The second-order valence-corrected chi connectivity index (χ2v) is 6.85. The molecule has 0 amide bonds. The van der Waals surface area contributed by atoms with Crippen molar-refractivity contribution in [2.75, 3.05) is 36.9 Å². The maximum Gasteiger partial charge on any atom is 0.158 e. The van der Waals surface area contributed by atoms with Crippen molar-refractivity contribution in [2.24, 2.45) is 0 Å². The van der Waals surface area contributed by atoms with Gasteiger partial charge in [-0.3, -0.25) is 4.98 Å². The molecule has 3 N–H and O–H groups in total. The van der Waals surface area contributed by atoms with E-state index in [-0.39, 0.29) is 11.8 Å². The number of ether oxygens (including phenoxy) is 1. The fraction of sp³-hybridized carbons (Fsp3) is 0.294. The lowest BCUT2D eigenvalue weighted by molar-refractivity contribution is 0.0372. The van der Waals surface area contributed by atoms with Gasteiger partial charge in [0.2, 0.25) is 0 Å². The van der Waals surface area contributed by atoms with Crippen LogP contribution in [0.5, 0.6) is 0 Å². The monoisotopic (exact) mass is 395 g/mol. The van der Waals surface area contributed by atoms with Gasteiger partial charge in [-0.25, -0.2) is 9.97 Å². The summed E-state index contributed by atoms with van der Waals surface area (Å²) in [7, 11) is 0. The quantitative estimate of drug-likeness (QED) is 0.562. The Labute approximate surface area is 165 Å². The van der Waals surface area contributed by atoms with Crippen LogP contribution in [-0.2, 0) is 4.74 Å². The molecule has 142 valence electrons. The van der Waals surface area contributed by atoms with Gasteiger partial charge in [0.05, 0.1) is 41.2 Å². The minimum atomic E-state index is 0.0806. The van der Waals surface area contributed by atoms with Crippen LogP contribution in [0.1, 0.15) is 5.69 Å². The summed E-state index contributed by atoms with van der Waals surface area (Å²) in [5, 5.41) is 27.2. The predicted molar refractivity (Wildman–Crippen MR) is 104 cm³/mol. The zero-order chi connectivity index (χ0) is 19.2. The van der Waals surface area contributed by atoms with Crippen LogP contribution in [0.15, 0.2) is 30.2 Å². The molecular weight excluding hydrogens is 378 g/mol. The summed E-state index contributed by atoms with van der Waals surface area (Å²) in [5.41, 5.74) is 3.55. The topological polar surface area (TPSA) is 134 Å². The van der Waals surface area contributed by atoms with Crippen molar-refractivity contribution in [1.29, 1.82) is 5.26 Å². The molecule has 10 nitrogen and oxygen atoms in total. The lowest BCUT2D eigenvalue weighted by Crippen LogP contribution is -2.42. The highest BCUT2D eigenvalue weighted by Crippen LogP contribution is 2.30. The minimum Gasteiger partial charge on any atom is -0.380 e.